The van der Waals surface area contributed by atoms with E-state index in [-0.39, 0.29) is 11.7 Å². The third kappa shape index (κ3) is 3.01. The van der Waals surface area contributed by atoms with Crippen LogP contribution in [0.3, 0.4) is 0 Å². The first-order valence-electron chi connectivity index (χ1n) is 6.21. The summed E-state index contributed by atoms with van der Waals surface area (Å²) in [7, 11) is 1.80. The maximum Gasteiger partial charge on any atom is 0.232 e. The average Bonchev–Trinajstić information content (AvgIpc) is 2.45. The van der Waals surface area contributed by atoms with Gasteiger partial charge in [-0.2, -0.15) is 0 Å². The lowest BCUT2D eigenvalue weighted by atomic mass is 10.1. The number of fused-ring (bicyclic) bond motifs is 1. The largest absolute Gasteiger partial charge is 0.507 e. The van der Waals surface area contributed by atoms with Crippen LogP contribution in [0.1, 0.15) is 6.92 Å². The molecule has 0 aliphatic rings. The number of nitrogens with zero attached hydrogens (tertiary/aromatic N) is 1. The topological polar surface area (TPSA) is 40.5 Å². The highest BCUT2D eigenvalue weighted by Gasteiger charge is 2.10. The van der Waals surface area contributed by atoms with E-state index in [0.717, 1.165) is 22.2 Å². The number of amides is 1. The van der Waals surface area contributed by atoms with Crippen LogP contribution >= 0.6 is 11.8 Å². The maximum atomic E-state index is 11.8. The lowest BCUT2D eigenvalue weighted by molar-refractivity contribution is -0.126. The molecule has 3 nitrogen and oxygen atoms in total. The Balaban J connectivity index is 2.22. The van der Waals surface area contributed by atoms with Crippen LogP contribution in [0.2, 0.25) is 0 Å². The summed E-state index contributed by atoms with van der Waals surface area (Å²) in [4.78, 5) is 14.5. The van der Waals surface area contributed by atoms with Gasteiger partial charge >= 0.3 is 0 Å². The van der Waals surface area contributed by atoms with Gasteiger partial charge in [0.1, 0.15) is 5.75 Å². The van der Waals surface area contributed by atoms with Gasteiger partial charge < -0.3 is 10.0 Å². The Hall–Kier alpha value is -1.68. The second kappa shape index (κ2) is 5.97. The molecule has 0 bridgehead atoms. The van der Waals surface area contributed by atoms with Gasteiger partial charge in [0.2, 0.25) is 5.91 Å². The smallest absolute Gasteiger partial charge is 0.232 e. The highest BCUT2D eigenvalue weighted by atomic mass is 32.2. The monoisotopic (exact) mass is 275 g/mol. The van der Waals surface area contributed by atoms with Crippen LogP contribution in [-0.4, -0.2) is 35.3 Å². The summed E-state index contributed by atoms with van der Waals surface area (Å²) in [5, 5.41) is 11.6. The maximum absolute atomic E-state index is 11.8. The Morgan fingerprint density at radius 1 is 1.21 bits per heavy atom. The van der Waals surface area contributed by atoms with Crippen LogP contribution in [0, 0.1) is 0 Å². The summed E-state index contributed by atoms with van der Waals surface area (Å²) in [6.07, 6.45) is 0. The predicted octanol–water partition coefficient (Wildman–Crippen LogP) is 3.12. The normalized spacial score (nSPS) is 10.6. The van der Waals surface area contributed by atoms with Gasteiger partial charge in [0.25, 0.3) is 0 Å². The molecule has 4 heteroatoms. The molecule has 19 heavy (non-hydrogen) atoms. The molecule has 0 spiro atoms. The zero-order valence-electron chi connectivity index (χ0n) is 11.1. The summed E-state index contributed by atoms with van der Waals surface area (Å²) >= 11 is 1.51. The van der Waals surface area contributed by atoms with E-state index in [1.807, 2.05) is 37.3 Å². The van der Waals surface area contributed by atoms with Crippen molar-refractivity contribution in [1.29, 1.82) is 0 Å². The zero-order valence-corrected chi connectivity index (χ0v) is 11.9. The molecule has 0 unspecified atom stereocenters. The molecule has 2 aromatic carbocycles. The van der Waals surface area contributed by atoms with E-state index in [2.05, 4.69) is 0 Å². The van der Waals surface area contributed by atoms with E-state index in [1.165, 1.54) is 11.8 Å². The van der Waals surface area contributed by atoms with Gasteiger partial charge in [0.05, 0.1) is 5.75 Å². The molecule has 2 rings (SSSR count). The standard InChI is InChI=1S/C15H17NO2S/c1-3-16(2)15(18)10-19-14-9-8-13(17)11-6-4-5-7-12(11)14/h4-9,17H,3,10H2,1-2H3. The average molecular weight is 275 g/mol. The SMILES string of the molecule is CCN(C)C(=O)CSc1ccc(O)c2ccccc12. The van der Waals surface area contributed by atoms with Crippen LogP contribution in [-0.2, 0) is 4.79 Å². The molecule has 1 amide bonds. The number of benzene rings is 2. The van der Waals surface area contributed by atoms with Crippen LogP contribution in [0.5, 0.6) is 5.75 Å². The Kier molecular flexibility index (Phi) is 4.32. The van der Waals surface area contributed by atoms with Crippen molar-refractivity contribution in [3.63, 3.8) is 0 Å². The Labute approximate surface area is 117 Å². The highest BCUT2D eigenvalue weighted by Crippen LogP contribution is 2.33. The van der Waals surface area contributed by atoms with Crippen molar-refractivity contribution < 1.29 is 9.90 Å². The fraction of sp³-hybridized carbons (Fsp3) is 0.267. The van der Waals surface area contributed by atoms with E-state index < -0.39 is 0 Å². The van der Waals surface area contributed by atoms with E-state index in [9.17, 15) is 9.90 Å². The fourth-order valence-corrected chi connectivity index (χ4v) is 2.80. The van der Waals surface area contributed by atoms with Crippen molar-refractivity contribution in [3.05, 3.63) is 36.4 Å². The number of phenolic OH excluding ortho intramolecular Hbond substituents is 1. The molecule has 0 atom stereocenters. The lowest BCUT2D eigenvalue weighted by Gasteiger charge is -2.14. The molecule has 0 radical (unpaired) electrons. The van der Waals surface area contributed by atoms with Crippen molar-refractivity contribution in [1.82, 2.24) is 4.90 Å². The number of rotatable bonds is 4. The zero-order chi connectivity index (χ0) is 13.8. The molecule has 0 fully saturated rings. The first kappa shape index (κ1) is 13.7. The van der Waals surface area contributed by atoms with Crippen molar-refractivity contribution in [3.8, 4) is 5.75 Å². The quantitative estimate of drug-likeness (QED) is 0.872. The number of hydrogen-bond acceptors (Lipinski definition) is 3. The predicted molar refractivity (Wildman–Crippen MR) is 79.6 cm³/mol. The molecular weight excluding hydrogens is 258 g/mol. The van der Waals surface area contributed by atoms with Crippen LogP contribution < -0.4 is 0 Å². The highest BCUT2D eigenvalue weighted by molar-refractivity contribution is 8.00. The third-order valence-corrected chi connectivity index (χ3v) is 4.17. The van der Waals surface area contributed by atoms with E-state index in [4.69, 9.17) is 0 Å². The lowest BCUT2D eigenvalue weighted by Crippen LogP contribution is -2.27. The summed E-state index contributed by atoms with van der Waals surface area (Å²) in [5.41, 5.74) is 0. The van der Waals surface area contributed by atoms with Gasteiger partial charge in [-0.05, 0) is 24.4 Å². The first-order chi connectivity index (χ1) is 9.13. The Morgan fingerprint density at radius 3 is 2.58 bits per heavy atom. The molecule has 1 N–H and O–H groups in total. The second-order valence-electron chi connectivity index (χ2n) is 4.32. The minimum absolute atomic E-state index is 0.115. The minimum atomic E-state index is 0.115. The van der Waals surface area contributed by atoms with Crippen molar-refractivity contribution in [2.45, 2.75) is 11.8 Å². The van der Waals surface area contributed by atoms with E-state index in [0.29, 0.717) is 5.75 Å². The molecule has 0 heterocycles. The summed E-state index contributed by atoms with van der Waals surface area (Å²) in [5.74, 6) is 0.806. The van der Waals surface area contributed by atoms with Gasteiger partial charge in [-0.15, -0.1) is 11.8 Å². The van der Waals surface area contributed by atoms with Gasteiger partial charge in [0.15, 0.2) is 0 Å². The first-order valence-corrected chi connectivity index (χ1v) is 7.19. The number of hydrogen-bond donors (Lipinski definition) is 1. The number of phenols is 1. The molecule has 0 aliphatic heterocycles. The van der Waals surface area contributed by atoms with Gasteiger partial charge in [0, 0.05) is 23.9 Å². The second-order valence-corrected chi connectivity index (χ2v) is 5.34. The van der Waals surface area contributed by atoms with Gasteiger partial charge in [-0.3, -0.25) is 4.79 Å². The van der Waals surface area contributed by atoms with Crippen molar-refractivity contribution in [2.24, 2.45) is 0 Å². The van der Waals surface area contributed by atoms with E-state index in [1.54, 1.807) is 18.0 Å². The number of thioether (sulfide) groups is 1. The molecule has 100 valence electrons. The summed E-state index contributed by atoms with van der Waals surface area (Å²) in [6, 6.07) is 11.2. The Bertz CT molecular complexity index is 598. The van der Waals surface area contributed by atoms with Gasteiger partial charge in [-0.25, -0.2) is 0 Å². The van der Waals surface area contributed by atoms with Crippen LogP contribution in [0.15, 0.2) is 41.3 Å². The molecule has 0 aromatic heterocycles. The van der Waals surface area contributed by atoms with Crippen LogP contribution in [0.4, 0.5) is 0 Å². The fourth-order valence-electron chi connectivity index (χ4n) is 1.81. The molecule has 2 aromatic rings. The number of aromatic hydroxyl groups is 1. The van der Waals surface area contributed by atoms with Crippen molar-refractivity contribution >= 4 is 28.4 Å². The summed E-state index contributed by atoms with van der Waals surface area (Å²) in [6.45, 7) is 2.67. The molecule has 0 saturated heterocycles. The van der Waals surface area contributed by atoms with E-state index >= 15 is 0 Å². The van der Waals surface area contributed by atoms with Crippen LogP contribution in [0.25, 0.3) is 10.8 Å². The minimum Gasteiger partial charge on any atom is -0.507 e. The number of carbonyl (C=O) groups is 1. The van der Waals surface area contributed by atoms with Gasteiger partial charge in [-0.1, -0.05) is 24.3 Å². The molecule has 0 saturated carbocycles. The third-order valence-electron chi connectivity index (χ3n) is 3.11. The van der Waals surface area contributed by atoms with Crippen molar-refractivity contribution in [2.75, 3.05) is 19.3 Å². The molecular formula is C15H17NO2S. The molecule has 0 aliphatic carbocycles. The summed E-state index contributed by atoms with van der Waals surface area (Å²) < 4.78 is 0. The number of carbonyl (C=O) groups excluding carboxylic acids is 1. The Morgan fingerprint density at radius 2 is 1.89 bits per heavy atom.